The van der Waals surface area contributed by atoms with E-state index < -0.39 is 11.7 Å². The second-order valence-corrected chi connectivity index (χ2v) is 5.63. The first-order valence-corrected chi connectivity index (χ1v) is 6.89. The van der Waals surface area contributed by atoms with Crippen molar-refractivity contribution in [3.63, 3.8) is 0 Å². The predicted octanol–water partition coefficient (Wildman–Crippen LogP) is 3.59. The maximum atomic E-state index is 12.9. The summed E-state index contributed by atoms with van der Waals surface area (Å²) in [6.07, 6.45) is -2.85. The zero-order valence-corrected chi connectivity index (χ0v) is 11.7. The molecule has 104 valence electrons. The number of alkyl halides is 4. The van der Waals surface area contributed by atoms with Crippen LogP contribution in [0.25, 0.3) is 0 Å². The first kappa shape index (κ1) is 14.4. The highest BCUT2D eigenvalue weighted by Gasteiger charge is 2.34. The number of piperidine rings is 1. The quantitative estimate of drug-likeness (QED) is 0.756. The van der Waals surface area contributed by atoms with E-state index in [1.54, 1.807) is 6.07 Å². The lowest BCUT2D eigenvalue weighted by molar-refractivity contribution is -0.140. The van der Waals surface area contributed by atoms with E-state index in [4.69, 9.17) is 0 Å². The number of amides is 1. The number of hydrogen-bond acceptors (Lipinski definition) is 1. The number of rotatable bonds is 2. The van der Waals surface area contributed by atoms with Crippen LogP contribution in [-0.4, -0.2) is 22.2 Å². The Balaban J connectivity index is 2.22. The van der Waals surface area contributed by atoms with Crippen molar-refractivity contribution >= 4 is 21.8 Å². The van der Waals surface area contributed by atoms with Gasteiger partial charge in [0.2, 0.25) is 5.91 Å². The van der Waals surface area contributed by atoms with Crippen molar-refractivity contribution in [2.45, 2.75) is 30.4 Å². The third kappa shape index (κ3) is 3.29. The number of likely N-dealkylation sites (tertiary alicyclic amines) is 1. The Bertz CT molecular complexity index is 475. The van der Waals surface area contributed by atoms with E-state index in [2.05, 4.69) is 15.9 Å². The van der Waals surface area contributed by atoms with Gasteiger partial charge in [0.05, 0.1) is 10.4 Å². The van der Waals surface area contributed by atoms with Gasteiger partial charge in [0.25, 0.3) is 0 Å². The molecule has 0 saturated carbocycles. The minimum absolute atomic E-state index is 0.0105. The fourth-order valence-corrected chi connectivity index (χ4v) is 2.80. The van der Waals surface area contributed by atoms with Crippen LogP contribution in [0.2, 0.25) is 0 Å². The van der Waals surface area contributed by atoms with Gasteiger partial charge in [-0.2, -0.15) is 13.2 Å². The number of carbonyl (C=O) groups is 1. The summed E-state index contributed by atoms with van der Waals surface area (Å²) < 4.78 is 38.6. The normalized spacial score (nSPS) is 20.7. The smallest absolute Gasteiger partial charge is 0.337 e. The molecule has 0 aromatic heterocycles. The Morgan fingerprint density at radius 2 is 2.00 bits per heavy atom. The van der Waals surface area contributed by atoms with Crippen molar-refractivity contribution in [2.75, 3.05) is 6.54 Å². The summed E-state index contributed by atoms with van der Waals surface area (Å²) in [5, 5.41) is 0. The highest BCUT2D eigenvalue weighted by atomic mass is 79.9. The van der Waals surface area contributed by atoms with Crippen LogP contribution in [0.5, 0.6) is 0 Å². The molecule has 1 fully saturated rings. The molecule has 1 heterocycles. The number of halogens is 4. The van der Waals surface area contributed by atoms with E-state index in [-0.39, 0.29) is 22.8 Å². The van der Waals surface area contributed by atoms with E-state index in [1.165, 1.54) is 17.0 Å². The van der Waals surface area contributed by atoms with Crippen molar-refractivity contribution in [3.8, 4) is 0 Å². The summed E-state index contributed by atoms with van der Waals surface area (Å²) in [6, 6.07) is 5.39. The molecule has 0 aliphatic carbocycles. The van der Waals surface area contributed by atoms with Gasteiger partial charge >= 0.3 is 6.18 Å². The topological polar surface area (TPSA) is 20.3 Å². The summed E-state index contributed by atoms with van der Waals surface area (Å²) in [7, 11) is 0. The SMILES string of the molecule is O=C1C(Br)CCCN1Cc1ccccc1C(F)(F)F. The minimum atomic E-state index is -4.39. The molecule has 0 bridgehead atoms. The Hall–Kier alpha value is -1.04. The van der Waals surface area contributed by atoms with Gasteiger partial charge in [0.1, 0.15) is 0 Å². The fourth-order valence-electron chi connectivity index (χ4n) is 2.19. The third-order valence-corrected chi connectivity index (χ3v) is 4.00. The van der Waals surface area contributed by atoms with Crippen LogP contribution in [0.1, 0.15) is 24.0 Å². The van der Waals surface area contributed by atoms with Crippen LogP contribution in [0.3, 0.4) is 0 Å². The Morgan fingerprint density at radius 1 is 1.32 bits per heavy atom. The van der Waals surface area contributed by atoms with Crippen molar-refractivity contribution in [2.24, 2.45) is 0 Å². The van der Waals surface area contributed by atoms with Crippen LogP contribution in [0.15, 0.2) is 24.3 Å². The van der Waals surface area contributed by atoms with Gasteiger partial charge in [-0.05, 0) is 24.5 Å². The molecule has 0 spiro atoms. The lowest BCUT2D eigenvalue weighted by Crippen LogP contribution is -2.41. The van der Waals surface area contributed by atoms with E-state index >= 15 is 0 Å². The maximum absolute atomic E-state index is 12.9. The van der Waals surface area contributed by atoms with Gasteiger partial charge in [0.15, 0.2) is 0 Å². The molecular weight excluding hydrogens is 323 g/mol. The van der Waals surface area contributed by atoms with Crippen LogP contribution in [-0.2, 0) is 17.5 Å². The summed E-state index contributed by atoms with van der Waals surface area (Å²) >= 11 is 3.25. The molecule has 1 unspecified atom stereocenters. The van der Waals surface area contributed by atoms with Crippen LogP contribution in [0.4, 0.5) is 13.2 Å². The number of benzene rings is 1. The Labute approximate surface area is 117 Å². The monoisotopic (exact) mass is 335 g/mol. The van der Waals surface area contributed by atoms with Crippen LogP contribution < -0.4 is 0 Å². The molecule has 2 nitrogen and oxygen atoms in total. The molecule has 19 heavy (non-hydrogen) atoms. The highest BCUT2D eigenvalue weighted by Crippen LogP contribution is 2.33. The van der Waals surface area contributed by atoms with Crippen molar-refractivity contribution in [1.82, 2.24) is 4.90 Å². The third-order valence-electron chi connectivity index (χ3n) is 3.15. The van der Waals surface area contributed by atoms with Gasteiger partial charge in [-0.15, -0.1) is 0 Å². The average Bonchev–Trinajstić information content (AvgIpc) is 2.34. The summed E-state index contributed by atoms with van der Waals surface area (Å²) in [5.41, 5.74) is -0.524. The molecule has 6 heteroatoms. The molecular formula is C13H13BrF3NO. The first-order valence-electron chi connectivity index (χ1n) is 5.97. The van der Waals surface area contributed by atoms with Gasteiger partial charge in [-0.25, -0.2) is 0 Å². The first-order chi connectivity index (χ1) is 8.89. The Kier molecular flexibility index (Phi) is 4.18. The van der Waals surface area contributed by atoms with Gasteiger partial charge in [-0.3, -0.25) is 4.79 Å². The minimum Gasteiger partial charge on any atom is -0.337 e. The molecule has 1 aromatic rings. The molecule has 1 aromatic carbocycles. The lowest BCUT2D eigenvalue weighted by atomic mass is 10.0. The lowest BCUT2D eigenvalue weighted by Gasteiger charge is -2.30. The largest absolute Gasteiger partial charge is 0.416 e. The standard InChI is InChI=1S/C13H13BrF3NO/c14-11-6-3-7-18(12(11)19)8-9-4-1-2-5-10(9)13(15,16)17/h1-2,4-5,11H,3,6-8H2. The second kappa shape index (κ2) is 5.53. The fraction of sp³-hybridized carbons (Fsp3) is 0.462. The molecule has 0 N–H and O–H groups in total. The van der Waals surface area contributed by atoms with Gasteiger partial charge in [-0.1, -0.05) is 34.1 Å². The van der Waals surface area contributed by atoms with Gasteiger partial charge < -0.3 is 4.90 Å². The number of hydrogen-bond donors (Lipinski definition) is 0. The van der Waals surface area contributed by atoms with Crippen molar-refractivity contribution in [3.05, 3.63) is 35.4 Å². The van der Waals surface area contributed by atoms with Crippen molar-refractivity contribution < 1.29 is 18.0 Å². The van der Waals surface area contributed by atoms with Crippen molar-refractivity contribution in [1.29, 1.82) is 0 Å². The summed E-state index contributed by atoms with van der Waals surface area (Å²) in [4.78, 5) is 13.1. The van der Waals surface area contributed by atoms with Crippen LogP contribution >= 0.6 is 15.9 Å². The number of nitrogens with zero attached hydrogens (tertiary/aromatic N) is 1. The van der Waals surface area contributed by atoms with Crippen LogP contribution in [0, 0.1) is 0 Å². The van der Waals surface area contributed by atoms with E-state index in [1.807, 2.05) is 0 Å². The second-order valence-electron chi connectivity index (χ2n) is 4.52. The van der Waals surface area contributed by atoms with E-state index in [0.29, 0.717) is 6.54 Å². The number of carbonyl (C=O) groups excluding carboxylic acids is 1. The molecule has 1 aliphatic heterocycles. The molecule has 2 rings (SSSR count). The van der Waals surface area contributed by atoms with E-state index in [9.17, 15) is 18.0 Å². The maximum Gasteiger partial charge on any atom is 0.416 e. The molecule has 0 radical (unpaired) electrons. The predicted molar refractivity (Wildman–Crippen MR) is 68.8 cm³/mol. The molecule has 1 saturated heterocycles. The van der Waals surface area contributed by atoms with Gasteiger partial charge in [0, 0.05) is 13.1 Å². The highest BCUT2D eigenvalue weighted by molar-refractivity contribution is 9.10. The van der Waals surface area contributed by atoms with E-state index in [0.717, 1.165) is 18.9 Å². The average molecular weight is 336 g/mol. The molecule has 1 aliphatic rings. The molecule has 1 amide bonds. The molecule has 1 atom stereocenters. The zero-order chi connectivity index (χ0) is 14.0. The summed E-state index contributed by atoms with van der Waals surface area (Å²) in [5.74, 6) is -0.136. The summed E-state index contributed by atoms with van der Waals surface area (Å²) in [6.45, 7) is 0.518. The Morgan fingerprint density at radius 3 is 2.68 bits per heavy atom. The zero-order valence-electron chi connectivity index (χ0n) is 10.1.